The summed E-state index contributed by atoms with van der Waals surface area (Å²) in [5.41, 5.74) is 1.39. The number of carbonyl (C=O) groups excluding carboxylic acids is 1. The van der Waals surface area contributed by atoms with Crippen molar-refractivity contribution in [2.45, 2.75) is 19.3 Å². The zero-order chi connectivity index (χ0) is 19.2. The highest BCUT2D eigenvalue weighted by atomic mass is 35.5. The maximum absolute atomic E-state index is 12.5. The molecule has 1 aliphatic heterocycles. The number of hydrogen-bond donors (Lipinski definition) is 1. The van der Waals surface area contributed by atoms with Gasteiger partial charge in [-0.3, -0.25) is 9.59 Å². The van der Waals surface area contributed by atoms with Crippen molar-refractivity contribution in [3.05, 3.63) is 69.1 Å². The molecule has 1 aromatic carbocycles. The Balaban J connectivity index is 1.50. The number of halogens is 1. The fourth-order valence-electron chi connectivity index (χ4n) is 3.69. The summed E-state index contributed by atoms with van der Waals surface area (Å²) in [5, 5.41) is 0.768. The van der Waals surface area contributed by atoms with Crippen molar-refractivity contribution in [1.82, 2.24) is 14.8 Å². The Labute approximate surface area is 164 Å². The van der Waals surface area contributed by atoms with Crippen LogP contribution in [0.3, 0.4) is 0 Å². The number of nitrogens with one attached hydrogen (secondary N) is 1. The fraction of sp³-hybridized carbons (Fsp3) is 0.429. The number of benzene rings is 1. The highest BCUT2D eigenvalue weighted by Crippen LogP contribution is 2.19. The molecule has 1 saturated heterocycles. The Morgan fingerprint density at radius 2 is 2.04 bits per heavy atom. The number of hydrogen-bond acceptors (Lipinski definition) is 3. The van der Waals surface area contributed by atoms with Crippen LogP contribution in [0.25, 0.3) is 0 Å². The van der Waals surface area contributed by atoms with E-state index in [0.29, 0.717) is 18.2 Å². The van der Waals surface area contributed by atoms with Crippen LogP contribution in [0.4, 0.5) is 0 Å². The Morgan fingerprint density at radius 1 is 1.26 bits per heavy atom. The summed E-state index contributed by atoms with van der Waals surface area (Å²) in [6.45, 7) is 3.82. The zero-order valence-electron chi connectivity index (χ0n) is 15.7. The van der Waals surface area contributed by atoms with Crippen LogP contribution in [0, 0.1) is 5.92 Å². The largest absolute Gasteiger partial charge is 0.340 e. The first kappa shape index (κ1) is 19.6. The number of carbonyl (C=O) groups is 1. The number of amides is 1. The SMILES string of the molecule is CN(C[C@H]1CCCN(CCc2ccc(Cl)cc2)C1)C(=O)c1cccc(=O)[nH]1. The molecule has 0 aliphatic carbocycles. The minimum Gasteiger partial charge on any atom is -0.340 e. The van der Waals surface area contributed by atoms with Crippen LogP contribution in [-0.2, 0) is 6.42 Å². The molecular weight excluding hydrogens is 362 g/mol. The fourth-order valence-corrected chi connectivity index (χ4v) is 3.82. The van der Waals surface area contributed by atoms with E-state index in [1.54, 1.807) is 24.1 Å². The van der Waals surface area contributed by atoms with E-state index in [9.17, 15) is 9.59 Å². The Kier molecular flexibility index (Phi) is 6.69. The number of piperidine rings is 1. The van der Waals surface area contributed by atoms with E-state index in [0.717, 1.165) is 43.9 Å². The maximum atomic E-state index is 12.5. The lowest BCUT2D eigenvalue weighted by Gasteiger charge is -2.34. The van der Waals surface area contributed by atoms with E-state index in [1.165, 1.54) is 11.6 Å². The summed E-state index contributed by atoms with van der Waals surface area (Å²) in [6, 6.07) is 12.7. The number of rotatable bonds is 6. The van der Waals surface area contributed by atoms with E-state index < -0.39 is 0 Å². The van der Waals surface area contributed by atoms with Gasteiger partial charge in [0.1, 0.15) is 5.69 Å². The number of pyridine rings is 1. The molecule has 6 heteroatoms. The van der Waals surface area contributed by atoms with Crippen molar-refractivity contribution in [2.75, 3.05) is 33.2 Å². The predicted molar refractivity (Wildman–Crippen MR) is 108 cm³/mol. The Morgan fingerprint density at radius 3 is 2.78 bits per heavy atom. The lowest BCUT2D eigenvalue weighted by Crippen LogP contribution is -2.42. The first-order valence-corrected chi connectivity index (χ1v) is 9.80. The molecule has 144 valence electrons. The van der Waals surface area contributed by atoms with Crippen LogP contribution < -0.4 is 5.56 Å². The number of nitrogens with zero attached hydrogens (tertiary/aromatic N) is 2. The van der Waals surface area contributed by atoms with Gasteiger partial charge in [-0.05, 0) is 55.5 Å². The van der Waals surface area contributed by atoms with Gasteiger partial charge in [-0.15, -0.1) is 0 Å². The molecule has 1 N–H and O–H groups in total. The molecule has 0 bridgehead atoms. The normalized spacial score (nSPS) is 17.6. The van der Waals surface area contributed by atoms with Crippen molar-refractivity contribution in [3.8, 4) is 0 Å². The Bertz CT molecular complexity index is 819. The van der Waals surface area contributed by atoms with Crippen molar-refractivity contribution in [1.29, 1.82) is 0 Å². The summed E-state index contributed by atoms with van der Waals surface area (Å²) >= 11 is 5.94. The third-order valence-electron chi connectivity index (χ3n) is 5.11. The quantitative estimate of drug-likeness (QED) is 0.828. The van der Waals surface area contributed by atoms with Gasteiger partial charge in [0.05, 0.1) is 0 Å². The molecule has 1 aliphatic rings. The summed E-state index contributed by atoms with van der Waals surface area (Å²) in [4.78, 5) is 30.7. The highest BCUT2D eigenvalue weighted by molar-refractivity contribution is 6.30. The summed E-state index contributed by atoms with van der Waals surface area (Å²) in [6.07, 6.45) is 3.28. The average Bonchev–Trinajstić information content (AvgIpc) is 2.67. The minimum atomic E-state index is -0.250. The number of H-pyrrole nitrogens is 1. The number of likely N-dealkylation sites (tertiary alicyclic amines) is 1. The molecule has 1 amide bonds. The van der Waals surface area contributed by atoms with Crippen LogP contribution in [0.2, 0.25) is 5.02 Å². The molecule has 2 aromatic rings. The first-order valence-electron chi connectivity index (χ1n) is 9.43. The first-order chi connectivity index (χ1) is 13.0. The monoisotopic (exact) mass is 387 g/mol. The van der Waals surface area contributed by atoms with Crippen LogP contribution in [0.1, 0.15) is 28.9 Å². The maximum Gasteiger partial charge on any atom is 0.270 e. The topological polar surface area (TPSA) is 56.4 Å². The van der Waals surface area contributed by atoms with Crippen LogP contribution >= 0.6 is 11.6 Å². The van der Waals surface area contributed by atoms with E-state index in [2.05, 4.69) is 22.0 Å². The molecule has 1 atom stereocenters. The lowest BCUT2D eigenvalue weighted by molar-refractivity contribution is 0.0724. The summed E-state index contributed by atoms with van der Waals surface area (Å²) in [7, 11) is 1.81. The van der Waals surface area contributed by atoms with E-state index in [-0.39, 0.29) is 11.5 Å². The van der Waals surface area contributed by atoms with Gasteiger partial charge >= 0.3 is 0 Å². The lowest BCUT2D eigenvalue weighted by atomic mass is 9.97. The highest BCUT2D eigenvalue weighted by Gasteiger charge is 2.23. The number of aromatic amines is 1. The third-order valence-corrected chi connectivity index (χ3v) is 5.36. The molecule has 0 saturated carbocycles. The van der Waals surface area contributed by atoms with Gasteiger partial charge in [0.25, 0.3) is 5.91 Å². The minimum absolute atomic E-state index is 0.133. The van der Waals surface area contributed by atoms with Crippen molar-refractivity contribution in [2.24, 2.45) is 5.92 Å². The smallest absolute Gasteiger partial charge is 0.270 e. The Hall–Kier alpha value is -2.11. The van der Waals surface area contributed by atoms with Crippen LogP contribution in [0.5, 0.6) is 0 Å². The van der Waals surface area contributed by atoms with Crippen molar-refractivity contribution >= 4 is 17.5 Å². The second kappa shape index (κ2) is 9.20. The van der Waals surface area contributed by atoms with Gasteiger partial charge in [0.15, 0.2) is 0 Å². The van der Waals surface area contributed by atoms with E-state index in [1.807, 2.05) is 12.1 Å². The number of aromatic nitrogens is 1. The van der Waals surface area contributed by atoms with Gasteiger partial charge < -0.3 is 14.8 Å². The standard InChI is InChI=1S/C21H26ClN3O2/c1-24(21(27)19-5-2-6-20(26)23-19)14-17-4-3-12-25(15-17)13-11-16-7-9-18(22)10-8-16/h2,5-10,17H,3-4,11-15H2,1H3,(H,23,26)/t17-/m1/s1. The molecule has 2 heterocycles. The molecule has 0 radical (unpaired) electrons. The van der Waals surface area contributed by atoms with E-state index >= 15 is 0 Å². The van der Waals surface area contributed by atoms with Gasteiger partial charge in [-0.25, -0.2) is 0 Å². The van der Waals surface area contributed by atoms with Crippen molar-refractivity contribution in [3.63, 3.8) is 0 Å². The molecule has 1 aromatic heterocycles. The second-order valence-corrected chi connectivity index (χ2v) is 7.74. The van der Waals surface area contributed by atoms with E-state index in [4.69, 9.17) is 11.6 Å². The molecule has 3 rings (SSSR count). The molecule has 0 spiro atoms. The molecule has 0 unspecified atom stereocenters. The predicted octanol–water partition coefficient (Wildman–Crippen LogP) is 3.06. The third kappa shape index (κ3) is 5.68. The molecule has 27 heavy (non-hydrogen) atoms. The molecule has 1 fully saturated rings. The summed E-state index contributed by atoms with van der Waals surface area (Å²) < 4.78 is 0. The van der Waals surface area contributed by atoms with Gasteiger partial charge in [-0.2, -0.15) is 0 Å². The second-order valence-electron chi connectivity index (χ2n) is 7.30. The molecular formula is C21H26ClN3O2. The molecule has 5 nitrogen and oxygen atoms in total. The van der Waals surface area contributed by atoms with Crippen LogP contribution in [-0.4, -0.2) is 53.9 Å². The zero-order valence-corrected chi connectivity index (χ0v) is 16.4. The average molecular weight is 388 g/mol. The van der Waals surface area contributed by atoms with Gasteiger partial charge in [0, 0.05) is 37.8 Å². The van der Waals surface area contributed by atoms with Gasteiger partial charge in [0.2, 0.25) is 5.56 Å². The van der Waals surface area contributed by atoms with Gasteiger partial charge in [-0.1, -0.05) is 29.8 Å². The summed E-state index contributed by atoms with van der Waals surface area (Å²) in [5.74, 6) is 0.319. The van der Waals surface area contributed by atoms with Crippen LogP contribution in [0.15, 0.2) is 47.3 Å². The van der Waals surface area contributed by atoms with Crippen molar-refractivity contribution < 1.29 is 4.79 Å².